The van der Waals surface area contributed by atoms with Crippen molar-refractivity contribution in [1.29, 1.82) is 0 Å². The molecule has 3 rings (SSSR count). The van der Waals surface area contributed by atoms with E-state index >= 15 is 0 Å². The second kappa shape index (κ2) is 4.44. The summed E-state index contributed by atoms with van der Waals surface area (Å²) in [4.78, 5) is 1.53. The summed E-state index contributed by atoms with van der Waals surface area (Å²) in [7, 11) is 0. The molecule has 90 valence electrons. The minimum atomic E-state index is 0.741. The Bertz CT molecular complexity index is 625. The van der Waals surface area contributed by atoms with Gasteiger partial charge in [-0.25, -0.2) is 0 Å². The van der Waals surface area contributed by atoms with Crippen molar-refractivity contribution in [3.63, 3.8) is 0 Å². The number of aromatic nitrogens is 4. The summed E-state index contributed by atoms with van der Waals surface area (Å²) < 4.78 is 5.34. The van der Waals surface area contributed by atoms with Crippen LogP contribution in [-0.2, 0) is 6.42 Å². The van der Waals surface area contributed by atoms with E-state index in [1.807, 2.05) is 43.3 Å². The molecule has 0 aliphatic heterocycles. The van der Waals surface area contributed by atoms with Crippen LogP contribution in [0.5, 0.6) is 0 Å². The topological polar surface area (TPSA) is 56.7 Å². The van der Waals surface area contributed by atoms with Gasteiger partial charge in [0, 0.05) is 12.0 Å². The lowest BCUT2D eigenvalue weighted by molar-refractivity contribution is 0.582. The molecule has 3 aromatic rings. The van der Waals surface area contributed by atoms with Gasteiger partial charge < -0.3 is 4.42 Å². The van der Waals surface area contributed by atoms with E-state index in [0.717, 1.165) is 29.3 Å². The highest BCUT2D eigenvalue weighted by molar-refractivity contribution is 5.58. The van der Waals surface area contributed by atoms with Crippen LogP contribution in [0.4, 0.5) is 0 Å². The maximum Gasteiger partial charge on any atom is 0.174 e. The normalized spacial score (nSPS) is 10.7. The van der Waals surface area contributed by atoms with Gasteiger partial charge in [0.25, 0.3) is 0 Å². The van der Waals surface area contributed by atoms with E-state index in [-0.39, 0.29) is 0 Å². The van der Waals surface area contributed by atoms with E-state index < -0.39 is 0 Å². The third-order valence-electron chi connectivity index (χ3n) is 2.68. The summed E-state index contributed by atoms with van der Waals surface area (Å²) in [5.74, 6) is 1.59. The first-order valence-electron chi connectivity index (χ1n) is 5.80. The van der Waals surface area contributed by atoms with Crippen LogP contribution < -0.4 is 0 Å². The van der Waals surface area contributed by atoms with Crippen molar-refractivity contribution in [2.45, 2.75) is 13.3 Å². The molecule has 18 heavy (non-hydrogen) atoms. The highest BCUT2D eigenvalue weighted by Crippen LogP contribution is 2.20. The van der Waals surface area contributed by atoms with Crippen LogP contribution in [0.2, 0.25) is 0 Å². The molecule has 0 aliphatic rings. The first kappa shape index (κ1) is 10.7. The molecular weight excluding hydrogens is 228 g/mol. The van der Waals surface area contributed by atoms with Crippen LogP contribution in [0.25, 0.3) is 17.0 Å². The maximum atomic E-state index is 5.34. The molecule has 0 spiro atoms. The van der Waals surface area contributed by atoms with Gasteiger partial charge in [0.15, 0.2) is 5.82 Å². The fourth-order valence-corrected chi connectivity index (χ4v) is 1.70. The standard InChI is InChI=1S/C13H12N4O/c1-2-13-14-16-17(15-13)11-7-5-10(6-8-11)12-4-3-9-18-12/h3-9H,2H2,1H3. The van der Waals surface area contributed by atoms with Crippen LogP contribution in [-0.4, -0.2) is 20.2 Å². The Morgan fingerprint density at radius 2 is 2.00 bits per heavy atom. The molecule has 0 amide bonds. The number of rotatable bonds is 3. The minimum Gasteiger partial charge on any atom is -0.464 e. The summed E-state index contributed by atoms with van der Waals surface area (Å²) in [6.45, 7) is 2.00. The summed E-state index contributed by atoms with van der Waals surface area (Å²) in [6.07, 6.45) is 2.44. The molecule has 0 saturated carbocycles. The van der Waals surface area contributed by atoms with Crippen LogP contribution >= 0.6 is 0 Å². The molecule has 0 radical (unpaired) electrons. The van der Waals surface area contributed by atoms with Gasteiger partial charge in [-0.15, -0.1) is 15.0 Å². The summed E-state index contributed by atoms with van der Waals surface area (Å²) in [5.41, 5.74) is 1.91. The van der Waals surface area contributed by atoms with Crippen LogP contribution in [0, 0.1) is 0 Å². The lowest BCUT2D eigenvalue weighted by Crippen LogP contribution is -1.98. The van der Waals surface area contributed by atoms with Crippen LogP contribution in [0.1, 0.15) is 12.7 Å². The van der Waals surface area contributed by atoms with Gasteiger partial charge in [0.05, 0.1) is 12.0 Å². The van der Waals surface area contributed by atoms with Crippen LogP contribution in [0.15, 0.2) is 47.1 Å². The lowest BCUT2D eigenvalue weighted by Gasteiger charge is -2.00. The Morgan fingerprint density at radius 1 is 1.17 bits per heavy atom. The van der Waals surface area contributed by atoms with E-state index in [0.29, 0.717) is 0 Å². The van der Waals surface area contributed by atoms with Gasteiger partial charge in [-0.05, 0) is 41.6 Å². The highest BCUT2D eigenvalue weighted by atomic mass is 16.3. The molecule has 0 unspecified atom stereocenters. The number of nitrogens with zero attached hydrogens (tertiary/aromatic N) is 4. The fraction of sp³-hybridized carbons (Fsp3) is 0.154. The van der Waals surface area contributed by atoms with Gasteiger partial charge in [-0.3, -0.25) is 0 Å². The second-order valence-corrected chi connectivity index (χ2v) is 3.87. The van der Waals surface area contributed by atoms with Crippen molar-refractivity contribution in [1.82, 2.24) is 20.2 Å². The molecule has 0 aliphatic carbocycles. The molecular formula is C13H12N4O. The summed E-state index contributed by atoms with van der Waals surface area (Å²) in [5, 5.41) is 12.2. The van der Waals surface area contributed by atoms with Crippen molar-refractivity contribution < 1.29 is 4.42 Å². The van der Waals surface area contributed by atoms with E-state index in [4.69, 9.17) is 4.42 Å². The molecule has 0 saturated heterocycles. The molecule has 0 fully saturated rings. The number of hydrogen-bond acceptors (Lipinski definition) is 4. The molecule has 0 atom stereocenters. The third-order valence-corrected chi connectivity index (χ3v) is 2.68. The first-order valence-corrected chi connectivity index (χ1v) is 5.80. The van der Waals surface area contributed by atoms with Gasteiger partial charge in [-0.2, -0.15) is 0 Å². The fourth-order valence-electron chi connectivity index (χ4n) is 1.70. The maximum absolute atomic E-state index is 5.34. The van der Waals surface area contributed by atoms with Gasteiger partial charge in [-0.1, -0.05) is 6.92 Å². The Balaban J connectivity index is 1.91. The van der Waals surface area contributed by atoms with E-state index in [1.165, 1.54) is 4.80 Å². The second-order valence-electron chi connectivity index (χ2n) is 3.87. The average molecular weight is 240 g/mol. The van der Waals surface area contributed by atoms with E-state index in [9.17, 15) is 0 Å². The summed E-state index contributed by atoms with van der Waals surface area (Å²) >= 11 is 0. The van der Waals surface area contributed by atoms with Crippen molar-refractivity contribution in [2.75, 3.05) is 0 Å². The number of tetrazole rings is 1. The zero-order chi connectivity index (χ0) is 12.4. The Labute approximate surface area is 104 Å². The molecule has 2 aromatic heterocycles. The molecule has 2 heterocycles. The van der Waals surface area contributed by atoms with Gasteiger partial charge in [0.2, 0.25) is 0 Å². The number of aryl methyl sites for hydroxylation is 1. The smallest absolute Gasteiger partial charge is 0.174 e. The largest absolute Gasteiger partial charge is 0.464 e. The molecule has 5 nitrogen and oxygen atoms in total. The SMILES string of the molecule is CCc1nnn(-c2ccc(-c3ccco3)cc2)n1. The van der Waals surface area contributed by atoms with Crippen molar-refractivity contribution in [3.05, 3.63) is 48.5 Å². The first-order chi connectivity index (χ1) is 8.86. The summed E-state index contributed by atoms with van der Waals surface area (Å²) in [6, 6.07) is 11.6. The lowest BCUT2D eigenvalue weighted by atomic mass is 10.1. The third kappa shape index (κ3) is 1.90. The van der Waals surface area contributed by atoms with Gasteiger partial charge >= 0.3 is 0 Å². The monoisotopic (exact) mass is 240 g/mol. The number of benzene rings is 1. The Hall–Kier alpha value is -2.43. The van der Waals surface area contributed by atoms with Crippen LogP contribution in [0.3, 0.4) is 0 Å². The zero-order valence-corrected chi connectivity index (χ0v) is 9.95. The molecule has 0 bridgehead atoms. The molecule has 1 aromatic carbocycles. The highest BCUT2D eigenvalue weighted by Gasteiger charge is 2.04. The van der Waals surface area contributed by atoms with Crippen molar-refractivity contribution >= 4 is 0 Å². The molecule has 0 N–H and O–H groups in total. The van der Waals surface area contributed by atoms with E-state index in [2.05, 4.69) is 15.4 Å². The molecule has 5 heteroatoms. The zero-order valence-electron chi connectivity index (χ0n) is 9.95. The Kier molecular flexibility index (Phi) is 2.64. The Morgan fingerprint density at radius 3 is 2.61 bits per heavy atom. The van der Waals surface area contributed by atoms with Crippen molar-refractivity contribution in [2.24, 2.45) is 0 Å². The van der Waals surface area contributed by atoms with Gasteiger partial charge in [0.1, 0.15) is 5.76 Å². The number of hydrogen-bond donors (Lipinski definition) is 0. The quantitative estimate of drug-likeness (QED) is 0.705. The van der Waals surface area contributed by atoms with Crippen molar-refractivity contribution in [3.8, 4) is 17.0 Å². The number of furan rings is 1. The predicted molar refractivity (Wildman–Crippen MR) is 66.2 cm³/mol. The minimum absolute atomic E-state index is 0.741. The average Bonchev–Trinajstić information content (AvgIpc) is 3.10. The van der Waals surface area contributed by atoms with E-state index in [1.54, 1.807) is 6.26 Å². The predicted octanol–water partition coefficient (Wildman–Crippen LogP) is 2.48.